The van der Waals surface area contributed by atoms with Crippen LogP contribution in [0.15, 0.2) is 51.8 Å². The molecule has 1 amide bonds. The van der Waals surface area contributed by atoms with Crippen molar-refractivity contribution in [1.29, 1.82) is 0 Å². The van der Waals surface area contributed by atoms with Crippen LogP contribution < -0.4 is 10.0 Å². The predicted octanol–water partition coefficient (Wildman–Crippen LogP) is 3.76. The molecule has 0 radical (unpaired) electrons. The number of hydrogen-bond donors (Lipinski definition) is 2. The van der Waals surface area contributed by atoms with Crippen molar-refractivity contribution in [3.8, 4) is 0 Å². The maximum atomic E-state index is 12.5. The number of aryl methyl sites for hydroxylation is 1. The normalized spacial score (nSPS) is 12.7. The summed E-state index contributed by atoms with van der Waals surface area (Å²) in [6, 6.07) is 11.5. The van der Waals surface area contributed by atoms with E-state index in [1.54, 1.807) is 43.3 Å². The SMILES string of the molecule is CC(=O)Nc1cccc(C(C)NS(=O)(=O)c2ccc(Br)c(C)c2)c1. The maximum absolute atomic E-state index is 12.5. The second kappa shape index (κ2) is 7.46. The van der Waals surface area contributed by atoms with Gasteiger partial charge in [0.1, 0.15) is 0 Å². The Morgan fingerprint density at radius 3 is 2.50 bits per heavy atom. The molecule has 0 spiro atoms. The third-order valence-corrected chi connectivity index (χ3v) is 5.91. The molecular weight excluding hydrogens is 392 g/mol. The van der Waals surface area contributed by atoms with Gasteiger partial charge in [0.15, 0.2) is 0 Å². The zero-order chi connectivity index (χ0) is 17.9. The summed E-state index contributed by atoms with van der Waals surface area (Å²) < 4.78 is 28.6. The first-order valence-electron chi connectivity index (χ1n) is 7.35. The average Bonchev–Trinajstić information content (AvgIpc) is 2.49. The third kappa shape index (κ3) is 4.66. The lowest BCUT2D eigenvalue weighted by molar-refractivity contribution is -0.114. The Bertz CT molecular complexity index is 866. The average molecular weight is 411 g/mol. The third-order valence-electron chi connectivity index (χ3n) is 3.48. The van der Waals surface area contributed by atoms with E-state index in [-0.39, 0.29) is 10.8 Å². The summed E-state index contributed by atoms with van der Waals surface area (Å²) in [4.78, 5) is 11.4. The highest BCUT2D eigenvalue weighted by atomic mass is 79.9. The van der Waals surface area contributed by atoms with Gasteiger partial charge in [-0.15, -0.1) is 0 Å². The Morgan fingerprint density at radius 2 is 1.88 bits per heavy atom. The minimum absolute atomic E-state index is 0.175. The molecule has 2 N–H and O–H groups in total. The summed E-state index contributed by atoms with van der Waals surface area (Å²) in [5.41, 5.74) is 2.24. The molecule has 2 aromatic rings. The number of nitrogens with one attached hydrogen (secondary N) is 2. The molecule has 0 saturated heterocycles. The first kappa shape index (κ1) is 18.6. The van der Waals surface area contributed by atoms with Gasteiger partial charge in [0, 0.05) is 23.1 Å². The highest BCUT2D eigenvalue weighted by Gasteiger charge is 2.19. The lowest BCUT2D eigenvalue weighted by Crippen LogP contribution is -2.27. The number of hydrogen-bond acceptors (Lipinski definition) is 3. The van der Waals surface area contributed by atoms with Gasteiger partial charge in [0.25, 0.3) is 0 Å². The van der Waals surface area contributed by atoms with Crippen LogP contribution in [0.4, 0.5) is 5.69 Å². The van der Waals surface area contributed by atoms with Crippen LogP contribution in [0.25, 0.3) is 0 Å². The molecule has 0 saturated carbocycles. The van der Waals surface area contributed by atoms with Crippen molar-refractivity contribution in [2.45, 2.75) is 31.7 Å². The Kier molecular flexibility index (Phi) is 5.79. The lowest BCUT2D eigenvalue weighted by atomic mass is 10.1. The molecule has 5 nitrogen and oxygen atoms in total. The maximum Gasteiger partial charge on any atom is 0.241 e. The van der Waals surface area contributed by atoms with Crippen LogP contribution in [-0.2, 0) is 14.8 Å². The summed E-state index contributed by atoms with van der Waals surface area (Å²) in [6.45, 7) is 5.02. The number of sulfonamides is 1. The summed E-state index contributed by atoms with van der Waals surface area (Å²) >= 11 is 3.36. The molecule has 0 heterocycles. The van der Waals surface area contributed by atoms with E-state index in [1.807, 2.05) is 13.0 Å². The molecule has 128 valence electrons. The molecule has 0 aromatic heterocycles. The molecule has 0 bridgehead atoms. The first-order chi connectivity index (χ1) is 11.2. The molecule has 1 atom stereocenters. The van der Waals surface area contributed by atoms with Crippen LogP contribution in [0, 0.1) is 6.92 Å². The number of carbonyl (C=O) groups excluding carboxylic acids is 1. The van der Waals surface area contributed by atoms with Crippen molar-refractivity contribution in [3.05, 3.63) is 58.1 Å². The standard InChI is InChI=1S/C17H19BrN2O3S/c1-11-9-16(7-8-17(11)18)24(22,23)20-12(2)14-5-4-6-15(10-14)19-13(3)21/h4-10,12,20H,1-3H3,(H,19,21). The Labute approximate surface area is 150 Å². The fourth-order valence-corrected chi connectivity index (χ4v) is 3.81. The summed E-state index contributed by atoms with van der Waals surface area (Å²) in [5, 5.41) is 2.69. The van der Waals surface area contributed by atoms with Gasteiger partial charge >= 0.3 is 0 Å². The van der Waals surface area contributed by atoms with Crippen LogP contribution >= 0.6 is 15.9 Å². The Morgan fingerprint density at radius 1 is 1.17 bits per heavy atom. The van der Waals surface area contributed by atoms with Crippen molar-refractivity contribution in [3.63, 3.8) is 0 Å². The number of benzene rings is 2. The topological polar surface area (TPSA) is 75.3 Å². The van der Waals surface area contributed by atoms with Crippen molar-refractivity contribution in [2.24, 2.45) is 0 Å². The van der Waals surface area contributed by atoms with Crippen LogP contribution in [0.1, 0.15) is 31.0 Å². The second-order valence-electron chi connectivity index (χ2n) is 5.56. The van der Waals surface area contributed by atoms with Crippen molar-refractivity contribution >= 4 is 37.5 Å². The smallest absolute Gasteiger partial charge is 0.241 e. The van der Waals surface area contributed by atoms with Crippen molar-refractivity contribution < 1.29 is 13.2 Å². The van der Waals surface area contributed by atoms with Gasteiger partial charge in [0.2, 0.25) is 15.9 Å². The van der Waals surface area contributed by atoms with Crippen LogP contribution in [0.3, 0.4) is 0 Å². The van der Waals surface area contributed by atoms with Gasteiger partial charge in [-0.1, -0.05) is 28.1 Å². The van der Waals surface area contributed by atoms with Gasteiger partial charge in [-0.3, -0.25) is 4.79 Å². The zero-order valence-corrected chi connectivity index (χ0v) is 16.0. The summed E-state index contributed by atoms with van der Waals surface area (Å²) in [7, 11) is -3.64. The fraction of sp³-hybridized carbons (Fsp3) is 0.235. The monoisotopic (exact) mass is 410 g/mol. The van der Waals surface area contributed by atoms with E-state index in [9.17, 15) is 13.2 Å². The lowest BCUT2D eigenvalue weighted by Gasteiger charge is -2.16. The number of halogens is 1. The first-order valence-corrected chi connectivity index (χ1v) is 9.62. The Balaban J connectivity index is 2.23. The van der Waals surface area contributed by atoms with Crippen molar-refractivity contribution in [2.75, 3.05) is 5.32 Å². The van der Waals surface area contributed by atoms with Crippen molar-refractivity contribution in [1.82, 2.24) is 4.72 Å². The molecule has 0 aliphatic heterocycles. The second-order valence-corrected chi connectivity index (χ2v) is 8.13. The largest absolute Gasteiger partial charge is 0.326 e. The predicted molar refractivity (Wildman–Crippen MR) is 98.4 cm³/mol. The molecule has 1 unspecified atom stereocenters. The van der Waals surface area contributed by atoms with E-state index >= 15 is 0 Å². The molecule has 0 aliphatic rings. The minimum atomic E-state index is -3.64. The van der Waals surface area contributed by atoms with Gasteiger partial charge in [-0.05, 0) is 55.3 Å². The van der Waals surface area contributed by atoms with Crippen LogP contribution in [0.5, 0.6) is 0 Å². The van der Waals surface area contributed by atoms with Gasteiger partial charge in [-0.25, -0.2) is 13.1 Å². The van der Waals surface area contributed by atoms with E-state index in [1.165, 1.54) is 6.92 Å². The van der Waals surface area contributed by atoms with E-state index in [4.69, 9.17) is 0 Å². The quantitative estimate of drug-likeness (QED) is 0.787. The molecule has 2 rings (SSSR count). The van der Waals surface area contributed by atoms with E-state index < -0.39 is 16.1 Å². The summed E-state index contributed by atoms with van der Waals surface area (Å²) in [5.74, 6) is -0.175. The molecule has 0 fully saturated rings. The Hall–Kier alpha value is -1.70. The molecule has 0 aliphatic carbocycles. The molecule has 7 heteroatoms. The highest BCUT2D eigenvalue weighted by molar-refractivity contribution is 9.10. The number of amides is 1. The minimum Gasteiger partial charge on any atom is -0.326 e. The number of anilines is 1. The van der Waals surface area contributed by atoms with Gasteiger partial charge < -0.3 is 5.32 Å². The van der Waals surface area contributed by atoms with Crippen LogP contribution in [0.2, 0.25) is 0 Å². The fourth-order valence-electron chi connectivity index (χ4n) is 2.24. The zero-order valence-electron chi connectivity index (χ0n) is 13.6. The number of carbonyl (C=O) groups is 1. The van der Waals surface area contributed by atoms with Gasteiger partial charge in [-0.2, -0.15) is 0 Å². The van der Waals surface area contributed by atoms with E-state index in [0.717, 1.165) is 15.6 Å². The summed E-state index contributed by atoms with van der Waals surface area (Å²) in [6.07, 6.45) is 0. The molecular formula is C17H19BrN2O3S. The van der Waals surface area contributed by atoms with E-state index in [2.05, 4.69) is 26.0 Å². The number of rotatable bonds is 5. The van der Waals surface area contributed by atoms with Gasteiger partial charge in [0.05, 0.1) is 4.90 Å². The molecule has 2 aromatic carbocycles. The van der Waals surface area contributed by atoms with E-state index in [0.29, 0.717) is 5.69 Å². The highest BCUT2D eigenvalue weighted by Crippen LogP contribution is 2.23. The van der Waals surface area contributed by atoms with Crippen LogP contribution in [-0.4, -0.2) is 14.3 Å². The molecule has 24 heavy (non-hydrogen) atoms.